The van der Waals surface area contributed by atoms with E-state index < -0.39 is 30.3 Å². The van der Waals surface area contributed by atoms with Crippen LogP contribution in [0.2, 0.25) is 5.02 Å². The minimum atomic E-state index is -0.988. The van der Waals surface area contributed by atoms with Crippen LogP contribution in [-0.2, 0) is 20.8 Å². The maximum atomic E-state index is 11.7. The van der Waals surface area contributed by atoms with Gasteiger partial charge in [0.25, 0.3) is 0 Å². The van der Waals surface area contributed by atoms with Gasteiger partial charge >= 0.3 is 17.8 Å². The van der Waals surface area contributed by atoms with E-state index in [0.29, 0.717) is 27.8 Å². The molecule has 0 radical (unpaired) electrons. The molecule has 116 valence electrons. The smallest absolute Gasteiger partial charge is 0.334 e. The standard InChI is InChI=1S/C14H14ClN3O4/c1-17-12(20)13(21)18(14(17)22)8-11(19)16-6-5-9-3-2-4-10(15)7-9/h2-4,7H,5-6,8H2,1H3,(H,16,19). The minimum absolute atomic E-state index is 0.333. The molecular formula is C14H14ClN3O4. The highest BCUT2D eigenvalue weighted by molar-refractivity contribution is 6.44. The van der Waals surface area contributed by atoms with Crippen molar-refractivity contribution in [1.29, 1.82) is 0 Å². The fourth-order valence-electron chi connectivity index (χ4n) is 1.99. The normalized spacial score (nSPS) is 14.7. The van der Waals surface area contributed by atoms with Crippen molar-refractivity contribution in [3.8, 4) is 0 Å². The summed E-state index contributed by atoms with van der Waals surface area (Å²) in [5.41, 5.74) is 0.955. The summed E-state index contributed by atoms with van der Waals surface area (Å²) in [4.78, 5) is 47.5. The quantitative estimate of drug-likeness (QED) is 0.628. The fourth-order valence-corrected chi connectivity index (χ4v) is 2.20. The summed E-state index contributed by atoms with van der Waals surface area (Å²) in [6, 6.07) is 6.43. The average molecular weight is 324 g/mol. The van der Waals surface area contributed by atoms with Gasteiger partial charge in [0, 0.05) is 18.6 Å². The number of urea groups is 1. The van der Waals surface area contributed by atoms with Crippen LogP contribution < -0.4 is 5.32 Å². The molecule has 0 aliphatic carbocycles. The Morgan fingerprint density at radius 2 is 1.95 bits per heavy atom. The lowest BCUT2D eigenvalue weighted by atomic mass is 10.1. The van der Waals surface area contributed by atoms with Crippen LogP contribution in [0.25, 0.3) is 0 Å². The molecule has 5 amide bonds. The predicted octanol–water partition coefficient (Wildman–Crippen LogP) is 0.419. The summed E-state index contributed by atoms with van der Waals surface area (Å²) in [5, 5.41) is 3.20. The highest BCUT2D eigenvalue weighted by Crippen LogP contribution is 2.11. The first-order chi connectivity index (χ1) is 10.4. The molecule has 8 heteroatoms. The molecule has 1 heterocycles. The number of nitrogens with zero attached hydrogens (tertiary/aromatic N) is 2. The van der Waals surface area contributed by atoms with Crippen molar-refractivity contribution in [2.75, 3.05) is 20.1 Å². The van der Waals surface area contributed by atoms with Crippen molar-refractivity contribution in [2.24, 2.45) is 0 Å². The van der Waals surface area contributed by atoms with E-state index in [4.69, 9.17) is 11.6 Å². The Labute approximate surface area is 131 Å². The van der Waals surface area contributed by atoms with Gasteiger partial charge in [-0.2, -0.15) is 0 Å². The van der Waals surface area contributed by atoms with E-state index in [1.54, 1.807) is 12.1 Å². The molecule has 0 saturated carbocycles. The molecule has 1 saturated heterocycles. The molecule has 0 bridgehead atoms. The molecule has 22 heavy (non-hydrogen) atoms. The molecule has 1 N–H and O–H groups in total. The van der Waals surface area contributed by atoms with Crippen molar-refractivity contribution in [3.63, 3.8) is 0 Å². The van der Waals surface area contributed by atoms with Crippen LogP contribution in [0, 0.1) is 0 Å². The van der Waals surface area contributed by atoms with Crippen LogP contribution in [0.15, 0.2) is 24.3 Å². The van der Waals surface area contributed by atoms with Gasteiger partial charge in [0.05, 0.1) is 0 Å². The minimum Gasteiger partial charge on any atom is -0.354 e. The van der Waals surface area contributed by atoms with Gasteiger partial charge in [-0.3, -0.25) is 19.3 Å². The molecule has 1 fully saturated rings. The lowest BCUT2D eigenvalue weighted by Gasteiger charge is -2.12. The second-order valence-electron chi connectivity index (χ2n) is 4.77. The predicted molar refractivity (Wildman–Crippen MR) is 78.0 cm³/mol. The first-order valence-corrected chi connectivity index (χ1v) is 6.92. The molecule has 1 aliphatic rings. The van der Waals surface area contributed by atoms with Crippen LogP contribution in [0.4, 0.5) is 4.79 Å². The molecule has 0 unspecified atom stereocenters. The second kappa shape index (κ2) is 6.57. The molecule has 1 aromatic rings. The maximum absolute atomic E-state index is 11.7. The van der Waals surface area contributed by atoms with Gasteiger partial charge in [0.2, 0.25) is 5.91 Å². The van der Waals surface area contributed by atoms with Crippen LogP contribution >= 0.6 is 11.6 Å². The summed E-state index contributed by atoms with van der Waals surface area (Å²) in [6.07, 6.45) is 0.563. The van der Waals surface area contributed by atoms with E-state index in [1.165, 1.54) is 7.05 Å². The number of hydrogen-bond donors (Lipinski definition) is 1. The fraction of sp³-hybridized carbons (Fsp3) is 0.286. The lowest BCUT2D eigenvalue weighted by molar-refractivity contribution is -0.143. The van der Waals surface area contributed by atoms with Gasteiger partial charge in [-0.1, -0.05) is 23.7 Å². The number of halogens is 1. The molecule has 1 aromatic carbocycles. The van der Waals surface area contributed by atoms with Crippen molar-refractivity contribution < 1.29 is 19.2 Å². The van der Waals surface area contributed by atoms with Gasteiger partial charge in [0.1, 0.15) is 6.54 Å². The number of carbonyl (C=O) groups excluding carboxylic acids is 4. The third kappa shape index (κ3) is 3.43. The van der Waals surface area contributed by atoms with Crippen LogP contribution in [0.3, 0.4) is 0 Å². The van der Waals surface area contributed by atoms with Gasteiger partial charge in [-0.25, -0.2) is 9.69 Å². The second-order valence-corrected chi connectivity index (χ2v) is 5.20. The summed E-state index contributed by atoms with van der Waals surface area (Å²) in [6.45, 7) is -0.136. The van der Waals surface area contributed by atoms with Gasteiger partial charge in [-0.15, -0.1) is 0 Å². The Hall–Kier alpha value is -2.41. The van der Waals surface area contributed by atoms with Crippen LogP contribution in [-0.4, -0.2) is 53.7 Å². The molecule has 0 atom stereocenters. The van der Waals surface area contributed by atoms with Crippen LogP contribution in [0.1, 0.15) is 5.56 Å². The Bertz CT molecular complexity index is 647. The monoisotopic (exact) mass is 323 g/mol. The zero-order chi connectivity index (χ0) is 16.3. The first-order valence-electron chi connectivity index (χ1n) is 6.55. The number of hydrogen-bond acceptors (Lipinski definition) is 4. The molecule has 0 spiro atoms. The highest BCUT2D eigenvalue weighted by Gasteiger charge is 2.42. The van der Waals surface area contributed by atoms with E-state index in [2.05, 4.69) is 5.32 Å². The topological polar surface area (TPSA) is 86.8 Å². The summed E-state index contributed by atoms with van der Waals surface area (Å²) >= 11 is 5.85. The number of benzene rings is 1. The summed E-state index contributed by atoms with van der Waals surface area (Å²) in [7, 11) is 1.19. The van der Waals surface area contributed by atoms with Gasteiger partial charge < -0.3 is 5.32 Å². The molecule has 2 rings (SSSR count). The number of carbonyl (C=O) groups is 4. The van der Waals surface area contributed by atoms with E-state index in [0.717, 1.165) is 5.56 Å². The number of rotatable bonds is 5. The third-order valence-electron chi connectivity index (χ3n) is 3.18. The molecular weight excluding hydrogens is 310 g/mol. The summed E-state index contributed by atoms with van der Waals surface area (Å²) in [5.74, 6) is -2.43. The zero-order valence-electron chi connectivity index (χ0n) is 11.8. The van der Waals surface area contributed by atoms with E-state index >= 15 is 0 Å². The van der Waals surface area contributed by atoms with Crippen molar-refractivity contribution >= 4 is 35.4 Å². The van der Waals surface area contributed by atoms with Gasteiger partial charge in [0.15, 0.2) is 0 Å². The Balaban J connectivity index is 1.82. The summed E-state index contributed by atoms with van der Waals surface area (Å²) < 4.78 is 0. The number of amides is 5. The number of imide groups is 2. The largest absolute Gasteiger partial charge is 0.354 e. The molecule has 0 aromatic heterocycles. The van der Waals surface area contributed by atoms with Crippen molar-refractivity contribution in [1.82, 2.24) is 15.1 Å². The van der Waals surface area contributed by atoms with Crippen LogP contribution in [0.5, 0.6) is 0 Å². The van der Waals surface area contributed by atoms with Crippen molar-refractivity contribution in [3.05, 3.63) is 34.9 Å². The van der Waals surface area contributed by atoms with Crippen molar-refractivity contribution in [2.45, 2.75) is 6.42 Å². The van der Waals surface area contributed by atoms with Gasteiger partial charge in [-0.05, 0) is 24.1 Å². The highest BCUT2D eigenvalue weighted by atomic mass is 35.5. The maximum Gasteiger partial charge on any atom is 0.334 e. The van der Waals surface area contributed by atoms with E-state index in [-0.39, 0.29) is 0 Å². The van der Waals surface area contributed by atoms with E-state index in [1.807, 2.05) is 12.1 Å². The lowest BCUT2D eigenvalue weighted by Crippen LogP contribution is -2.41. The Kier molecular flexibility index (Phi) is 4.77. The number of likely N-dealkylation sites (N-methyl/N-ethyl adjacent to an activating group) is 1. The zero-order valence-corrected chi connectivity index (χ0v) is 12.6. The molecule has 7 nitrogen and oxygen atoms in total. The SMILES string of the molecule is CN1C(=O)C(=O)N(CC(=O)NCCc2cccc(Cl)c2)C1=O. The first kappa shape index (κ1) is 16.0. The third-order valence-corrected chi connectivity index (χ3v) is 3.41. The average Bonchev–Trinajstić information content (AvgIpc) is 2.65. The Morgan fingerprint density at radius 1 is 1.23 bits per heavy atom. The molecule has 1 aliphatic heterocycles. The Morgan fingerprint density at radius 3 is 2.55 bits per heavy atom. The number of nitrogens with one attached hydrogen (secondary N) is 1. The van der Waals surface area contributed by atoms with E-state index in [9.17, 15) is 19.2 Å².